The summed E-state index contributed by atoms with van der Waals surface area (Å²) in [5, 5.41) is 0. The van der Waals surface area contributed by atoms with E-state index in [4.69, 9.17) is 11.5 Å². The third kappa shape index (κ3) is 2.26. The summed E-state index contributed by atoms with van der Waals surface area (Å²) in [6.07, 6.45) is 1.58. The highest BCUT2D eigenvalue weighted by Gasteiger charge is 2.46. The van der Waals surface area contributed by atoms with E-state index in [-0.39, 0.29) is 5.41 Å². The lowest BCUT2D eigenvalue weighted by Crippen LogP contribution is -2.64. The van der Waals surface area contributed by atoms with Crippen LogP contribution < -0.4 is 11.5 Å². The van der Waals surface area contributed by atoms with Crippen LogP contribution in [-0.4, -0.2) is 5.66 Å². The van der Waals surface area contributed by atoms with E-state index in [0.717, 1.165) is 6.42 Å². The van der Waals surface area contributed by atoms with Crippen molar-refractivity contribution in [3.05, 3.63) is 71.8 Å². The average molecular weight is 268 g/mol. The Bertz CT molecular complexity index is 492. The third-order valence-corrected chi connectivity index (χ3v) is 4.44. The van der Waals surface area contributed by atoms with Crippen molar-refractivity contribution in [3.63, 3.8) is 0 Å². The van der Waals surface area contributed by atoms with Crippen molar-refractivity contribution < 1.29 is 0 Å². The van der Waals surface area contributed by atoms with Gasteiger partial charge in [-0.2, -0.15) is 0 Å². The topological polar surface area (TPSA) is 52.0 Å². The van der Waals surface area contributed by atoms with Crippen molar-refractivity contribution in [1.29, 1.82) is 0 Å². The van der Waals surface area contributed by atoms with Crippen molar-refractivity contribution in [2.75, 3.05) is 0 Å². The number of nitrogens with two attached hydrogens (primary N) is 2. The Balaban J connectivity index is 2.72. The van der Waals surface area contributed by atoms with Crippen LogP contribution in [0.25, 0.3) is 0 Å². The first-order valence-electron chi connectivity index (χ1n) is 7.27. The molecule has 0 heterocycles. The Morgan fingerprint density at radius 2 is 1.10 bits per heavy atom. The molecule has 0 saturated heterocycles. The van der Waals surface area contributed by atoms with Crippen molar-refractivity contribution in [2.45, 2.75) is 37.8 Å². The van der Waals surface area contributed by atoms with E-state index >= 15 is 0 Å². The molecule has 0 aliphatic heterocycles. The van der Waals surface area contributed by atoms with Crippen LogP contribution in [0.3, 0.4) is 0 Å². The number of hydrogen-bond donors (Lipinski definition) is 2. The monoisotopic (exact) mass is 268 g/mol. The molecule has 0 aromatic heterocycles. The Morgan fingerprint density at radius 1 is 0.700 bits per heavy atom. The van der Waals surface area contributed by atoms with Crippen LogP contribution in [-0.2, 0) is 5.41 Å². The minimum atomic E-state index is -0.787. The molecule has 0 spiro atoms. The molecule has 20 heavy (non-hydrogen) atoms. The quantitative estimate of drug-likeness (QED) is 0.816. The highest BCUT2D eigenvalue weighted by atomic mass is 15.0. The Hall–Kier alpha value is -1.64. The van der Waals surface area contributed by atoms with Gasteiger partial charge in [0.25, 0.3) is 0 Å². The van der Waals surface area contributed by atoms with Gasteiger partial charge in [0, 0.05) is 0 Å². The van der Waals surface area contributed by atoms with E-state index in [0.29, 0.717) is 6.42 Å². The highest BCUT2D eigenvalue weighted by molar-refractivity contribution is 5.43. The summed E-state index contributed by atoms with van der Waals surface area (Å²) >= 11 is 0. The number of rotatable bonds is 5. The maximum absolute atomic E-state index is 6.55. The Labute approximate surface area is 121 Å². The van der Waals surface area contributed by atoms with Gasteiger partial charge in [-0.3, -0.25) is 0 Å². The van der Waals surface area contributed by atoms with Gasteiger partial charge >= 0.3 is 0 Å². The molecule has 0 amide bonds. The van der Waals surface area contributed by atoms with Crippen LogP contribution in [0.2, 0.25) is 0 Å². The second-order valence-electron chi connectivity index (χ2n) is 5.38. The highest BCUT2D eigenvalue weighted by Crippen LogP contribution is 2.42. The fraction of sp³-hybridized carbons (Fsp3) is 0.333. The van der Waals surface area contributed by atoms with Gasteiger partial charge in [-0.1, -0.05) is 74.5 Å². The van der Waals surface area contributed by atoms with Gasteiger partial charge in [0.05, 0.1) is 11.1 Å². The fourth-order valence-corrected chi connectivity index (χ4v) is 3.19. The zero-order chi connectivity index (χ0) is 14.6. The molecule has 2 aromatic rings. The molecule has 0 radical (unpaired) electrons. The molecule has 0 fully saturated rings. The molecule has 0 saturated carbocycles. The molecule has 106 valence electrons. The smallest absolute Gasteiger partial charge is 0.0774 e. The number of benzene rings is 2. The first-order valence-corrected chi connectivity index (χ1v) is 7.27. The Kier molecular flexibility index (Phi) is 4.26. The molecule has 2 nitrogen and oxygen atoms in total. The van der Waals surface area contributed by atoms with Gasteiger partial charge in [0.2, 0.25) is 0 Å². The molecule has 0 atom stereocenters. The Morgan fingerprint density at radius 3 is 1.40 bits per heavy atom. The van der Waals surface area contributed by atoms with Gasteiger partial charge in [0.15, 0.2) is 0 Å². The van der Waals surface area contributed by atoms with Crippen LogP contribution in [0, 0.1) is 0 Å². The zero-order valence-corrected chi connectivity index (χ0v) is 12.3. The van der Waals surface area contributed by atoms with Gasteiger partial charge in [-0.15, -0.1) is 0 Å². The molecular formula is C18H24N2. The summed E-state index contributed by atoms with van der Waals surface area (Å²) in [6.45, 7) is 4.21. The van der Waals surface area contributed by atoms with Gasteiger partial charge in [-0.25, -0.2) is 0 Å². The number of hydrogen-bond acceptors (Lipinski definition) is 2. The zero-order valence-electron chi connectivity index (χ0n) is 12.3. The molecule has 2 aromatic carbocycles. The molecule has 0 aliphatic rings. The summed E-state index contributed by atoms with van der Waals surface area (Å²) in [7, 11) is 0. The first-order chi connectivity index (χ1) is 9.58. The summed E-state index contributed by atoms with van der Waals surface area (Å²) in [5.74, 6) is 0. The predicted octanol–water partition coefficient (Wildman–Crippen LogP) is 3.41. The molecular weight excluding hydrogens is 244 g/mol. The first kappa shape index (κ1) is 14.8. The van der Waals surface area contributed by atoms with E-state index < -0.39 is 5.66 Å². The van der Waals surface area contributed by atoms with E-state index in [9.17, 15) is 0 Å². The molecule has 0 aliphatic carbocycles. The minimum absolute atomic E-state index is 0.371. The fourth-order valence-electron chi connectivity index (χ4n) is 3.19. The molecule has 0 unspecified atom stereocenters. The third-order valence-electron chi connectivity index (χ3n) is 4.44. The molecule has 4 N–H and O–H groups in total. The summed E-state index contributed by atoms with van der Waals surface area (Å²) in [4.78, 5) is 0. The van der Waals surface area contributed by atoms with Gasteiger partial charge < -0.3 is 11.5 Å². The lowest BCUT2D eigenvalue weighted by molar-refractivity contribution is 0.248. The van der Waals surface area contributed by atoms with Crippen LogP contribution in [0.5, 0.6) is 0 Å². The summed E-state index contributed by atoms with van der Waals surface area (Å²) in [5.41, 5.74) is 14.3. The second kappa shape index (κ2) is 5.78. The van der Waals surface area contributed by atoms with Crippen molar-refractivity contribution in [3.8, 4) is 0 Å². The predicted molar refractivity (Wildman–Crippen MR) is 85.4 cm³/mol. The maximum atomic E-state index is 6.55. The lowest BCUT2D eigenvalue weighted by atomic mass is 9.63. The maximum Gasteiger partial charge on any atom is 0.0774 e. The van der Waals surface area contributed by atoms with E-state index in [1.54, 1.807) is 0 Å². The van der Waals surface area contributed by atoms with Crippen LogP contribution in [0.1, 0.15) is 37.8 Å². The van der Waals surface area contributed by atoms with Crippen molar-refractivity contribution in [1.82, 2.24) is 0 Å². The lowest BCUT2D eigenvalue weighted by Gasteiger charge is -2.46. The SMILES string of the molecule is CCC(N)(N)C(CC)(c1ccccc1)c1ccccc1. The normalized spacial score (nSPS) is 12.4. The standard InChI is InChI=1S/C18H24N2/c1-3-17(18(19,20)4-2,15-11-7-5-8-12-15)16-13-9-6-10-14-16/h5-14H,3-4,19-20H2,1-2H3. The minimum Gasteiger partial charge on any atom is -0.312 e. The van der Waals surface area contributed by atoms with Crippen molar-refractivity contribution >= 4 is 0 Å². The van der Waals surface area contributed by atoms with Crippen LogP contribution >= 0.6 is 0 Å². The molecule has 2 heteroatoms. The van der Waals surface area contributed by atoms with E-state index in [1.807, 2.05) is 12.1 Å². The van der Waals surface area contributed by atoms with Gasteiger partial charge in [-0.05, 0) is 24.0 Å². The van der Waals surface area contributed by atoms with E-state index in [2.05, 4.69) is 62.4 Å². The van der Waals surface area contributed by atoms with E-state index in [1.165, 1.54) is 11.1 Å². The summed E-state index contributed by atoms with van der Waals surface area (Å²) < 4.78 is 0. The van der Waals surface area contributed by atoms with Crippen molar-refractivity contribution in [2.24, 2.45) is 11.5 Å². The summed E-state index contributed by atoms with van der Waals surface area (Å²) in [6, 6.07) is 20.7. The second-order valence-corrected chi connectivity index (χ2v) is 5.38. The average Bonchev–Trinajstić information content (AvgIpc) is 2.50. The molecule has 2 rings (SSSR count). The van der Waals surface area contributed by atoms with Gasteiger partial charge in [0.1, 0.15) is 0 Å². The molecule has 0 bridgehead atoms. The van der Waals surface area contributed by atoms with Crippen LogP contribution in [0.15, 0.2) is 60.7 Å². The van der Waals surface area contributed by atoms with Crippen LogP contribution in [0.4, 0.5) is 0 Å². The largest absolute Gasteiger partial charge is 0.312 e.